The Balaban J connectivity index is 1.10. The van der Waals surface area contributed by atoms with E-state index in [1.54, 1.807) is 0 Å². The van der Waals surface area contributed by atoms with Crippen molar-refractivity contribution in [2.75, 3.05) is 0 Å². The van der Waals surface area contributed by atoms with Gasteiger partial charge >= 0.3 is 0 Å². The van der Waals surface area contributed by atoms with Crippen molar-refractivity contribution in [3.05, 3.63) is 182 Å². The monoisotopic (exact) mass is 650 g/mol. The third-order valence-corrected chi connectivity index (χ3v) is 9.90. The summed E-state index contributed by atoms with van der Waals surface area (Å²) in [6, 6.07) is 58.1. The summed E-state index contributed by atoms with van der Waals surface area (Å²) in [7, 11) is 0. The molecule has 6 aromatic carbocycles. The highest BCUT2D eigenvalue weighted by Crippen LogP contribution is 2.37. The number of para-hydroxylation sites is 1. The Morgan fingerprint density at radius 2 is 1.12 bits per heavy atom. The number of nitrogens with zero attached hydrogens (tertiary/aromatic N) is 4. The molecule has 0 saturated carbocycles. The van der Waals surface area contributed by atoms with Gasteiger partial charge in [-0.1, -0.05) is 97.1 Å². The maximum atomic E-state index is 5.17. The van der Waals surface area contributed by atoms with Crippen molar-refractivity contribution in [1.82, 2.24) is 19.5 Å². The number of rotatable bonds is 5. The van der Waals surface area contributed by atoms with Crippen molar-refractivity contribution in [3.8, 4) is 50.6 Å². The summed E-state index contributed by atoms with van der Waals surface area (Å²) in [6.07, 6.45) is 5.67. The topological polar surface area (TPSA) is 43.6 Å². The number of hydrogen-bond donors (Lipinski definition) is 0. The van der Waals surface area contributed by atoms with Gasteiger partial charge in [-0.25, -0.2) is 4.98 Å². The fraction of sp³-hybridized carbons (Fsp3) is 0. The number of benzene rings is 6. The molecule has 0 amide bonds. The van der Waals surface area contributed by atoms with Crippen molar-refractivity contribution in [3.63, 3.8) is 0 Å². The van der Waals surface area contributed by atoms with Gasteiger partial charge in [0.15, 0.2) is 0 Å². The maximum absolute atomic E-state index is 5.17. The number of fused-ring (bicyclic) bond motifs is 6. The molecular formula is C47H30N4. The molecule has 10 rings (SSSR count). The predicted octanol–water partition coefficient (Wildman–Crippen LogP) is 11.9. The summed E-state index contributed by atoms with van der Waals surface area (Å²) in [4.78, 5) is 14.3. The van der Waals surface area contributed by atoms with Crippen LogP contribution >= 0.6 is 0 Å². The summed E-state index contributed by atoms with van der Waals surface area (Å²) in [5.41, 5.74) is 11.6. The van der Waals surface area contributed by atoms with Gasteiger partial charge in [-0.05, 0) is 111 Å². The van der Waals surface area contributed by atoms with Crippen molar-refractivity contribution >= 4 is 43.4 Å². The Bertz CT molecular complexity index is 2910. The van der Waals surface area contributed by atoms with Gasteiger partial charge in [0.1, 0.15) is 0 Å². The summed E-state index contributed by atoms with van der Waals surface area (Å²) in [5.74, 6) is 0. The molecule has 4 heterocycles. The van der Waals surface area contributed by atoms with Gasteiger partial charge in [0.05, 0.1) is 28.1 Å². The number of aromatic nitrogens is 4. The minimum absolute atomic E-state index is 0.842. The van der Waals surface area contributed by atoms with Crippen LogP contribution in [0.15, 0.2) is 182 Å². The van der Waals surface area contributed by atoms with E-state index in [1.807, 2.05) is 36.8 Å². The van der Waals surface area contributed by atoms with Gasteiger partial charge in [0.25, 0.3) is 0 Å². The van der Waals surface area contributed by atoms with Crippen LogP contribution in [0.1, 0.15) is 0 Å². The average molecular weight is 651 g/mol. The molecule has 0 unspecified atom stereocenters. The fourth-order valence-electron chi connectivity index (χ4n) is 7.44. The molecule has 4 aromatic heterocycles. The first-order valence-electron chi connectivity index (χ1n) is 17.2. The standard InChI is InChI=1S/C47H30N4/c1-2-12-38(13-3-1)51-46-21-19-34(27-41(46)42-30-48-24-22-47(42)51)32-10-8-11-33(25-32)37-28-44(50-45(29-37)43-15-6-7-23-49-43)36-18-20-40-35(26-36)17-16-31-9-4-5-14-39(31)40/h1-30H. The van der Waals surface area contributed by atoms with Crippen LogP contribution in [0.4, 0.5) is 0 Å². The van der Waals surface area contributed by atoms with Crippen LogP contribution in [-0.2, 0) is 0 Å². The van der Waals surface area contributed by atoms with E-state index < -0.39 is 0 Å². The minimum atomic E-state index is 0.842. The van der Waals surface area contributed by atoms with Crippen molar-refractivity contribution in [2.45, 2.75) is 0 Å². The lowest BCUT2D eigenvalue weighted by molar-refractivity contribution is 1.17. The molecular weight excluding hydrogens is 621 g/mol. The van der Waals surface area contributed by atoms with Crippen LogP contribution in [0, 0.1) is 0 Å². The highest BCUT2D eigenvalue weighted by molar-refractivity contribution is 6.10. The average Bonchev–Trinajstić information content (AvgIpc) is 3.55. The smallest absolute Gasteiger partial charge is 0.0899 e. The van der Waals surface area contributed by atoms with E-state index in [1.165, 1.54) is 26.9 Å². The third-order valence-electron chi connectivity index (χ3n) is 9.90. The first-order chi connectivity index (χ1) is 25.3. The number of hydrogen-bond acceptors (Lipinski definition) is 3. The molecule has 0 fully saturated rings. The lowest BCUT2D eigenvalue weighted by Gasteiger charge is -2.12. The van der Waals surface area contributed by atoms with E-state index in [0.29, 0.717) is 0 Å². The molecule has 0 spiro atoms. The quantitative estimate of drug-likeness (QED) is 0.174. The van der Waals surface area contributed by atoms with Crippen molar-refractivity contribution in [2.24, 2.45) is 0 Å². The zero-order valence-electron chi connectivity index (χ0n) is 27.6. The predicted molar refractivity (Wildman–Crippen MR) is 211 cm³/mol. The van der Waals surface area contributed by atoms with E-state index in [-0.39, 0.29) is 0 Å². The molecule has 0 atom stereocenters. The van der Waals surface area contributed by atoms with Gasteiger partial charge in [0, 0.05) is 40.6 Å². The Morgan fingerprint density at radius 1 is 0.373 bits per heavy atom. The van der Waals surface area contributed by atoms with Crippen LogP contribution in [0.25, 0.3) is 93.9 Å². The van der Waals surface area contributed by atoms with Crippen LogP contribution in [0.2, 0.25) is 0 Å². The summed E-state index contributed by atoms with van der Waals surface area (Å²) in [6.45, 7) is 0. The van der Waals surface area contributed by atoms with Crippen LogP contribution < -0.4 is 0 Å². The lowest BCUT2D eigenvalue weighted by Crippen LogP contribution is -1.93. The molecule has 4 nitrogen and oxygen atoms in total. The molecule has 4 heteroatoms. The molecule has 51 heavy (non-hydrogen) atoms. The molecule has 0 aliphatic heterocycles. The van der Waals surface area contributed by atoms with Crippen molar-refractivity contribution in [1.29, 1.82) is 0 Å². The Morgan fingerprint density at radius 3 is 2.02 bits per heavy atom. The van der Waals surface area contributed by atoms with E-state index in [4.69, 9.17) is 4.98 Å². The zero-order chi connectivity index (χ0) is 33.7. The second-order valence-corrected chi connectivity index (χ2v) is 12.9. The maximum Gasteiger partial charge on any atom is 0.0899 e. The normalized spacial score (nSPS) is 11.5. The second kappa shape index (κ2) is 11.9. The van der Waals surface area contributed by atoms with Gasteiger partial charge < -0.3 is 4.57 Å². The molecule has 0 saturated heterocycles. The highest BCUT2D eigenvalue weighted by atomic mass is 15.0. The lowest BCUT2D eigenvalue weighted by atomic mass is 9.95. The molecule has 10 aromatic rings. The second-order valence-electron chi connectivity index (χ2n) is 12.9. The van der Waals surface area contributed by atoms with E-state index >= 15 is 0 Å². The van der Waals surface area contributed by atoms with Gasteiger partial charge in [-0.3, -0.25) is 9.97 Å². The summed E-state index contributed by atoms with van der Waals surface area (Å²) >= 11 is 0. The summed E-state index contributed by atoms with van der Waals surface area (Å²) < 4.78 is 2.32. The zero-order valence-corrected chi connectivity index (χ0v) is 27.6. The molecule has 0 N–H and O–H groups in total. The first-order valence-corrected chi connectivity index (χ1v) is 17.2. The minimum Gasteiger partial charge on any atom is -0.309 e. The summed E-state index contributed by atoms with van der Waals surface area (Å²) in [5, 5.41) is 7.25. The Labute approximate surface area is 295 Å². The van der Waals surface area contributed by atoms with Crippen LogP contribution in [0.5, 0.6) is 0 Å². The SMILES string of the molecule is c1ccc(-n2c3ccncc3c3cc(-c4cccc(-c5cc(-c6ccc7c(ccc8ccccc87)c6)nc(-c6ccccn6)c5)c4)ccc32)cc1. The Hall–Kier alpha value is -6.91. The molecule has 238 valence electrons. The van der Waals surface area contributed by atoms with Gasteiger partial charge in [0.2, 0.25) is 0 Å². The van der Waals surface area contributed by atoms with Crippen LogP contribution in [0.3, 0.4) is 0 Å². The van der Waals surface area contributed by atoms with Gasteiger partial charge in [-0.2, -0.15) is 0 Å². The molecule has 0 aliphatic rings. The van der Waals surface area contributed by atoms with Crippen LogP contribution in [-0.4, -0.2) is 19.5 Å². The number of pyridine rings is 3. The largest absolute Gasteiger partial charge is 0.309 e. The van der Waals surface area contributed by atoms with Gasteiger partial charge in [-0.15, -0.1) is 0 Å². The highest BCUT2D eigenvalue weighted by Gasteiger charge is 2.15. The first kappa shape index (κ1) is 29.0. The van der Waals surface area contributed by atoms with E-state index in [0.717, 1.165) is 67.0 Å². The molecule has 0 aliphatic carbocycles. The molecule has 0 radical (unpaired) electrons. The Kier molecular flexibility index (Phi) is 6.78. The van der Waals surface area contributed by atoms with E-state index in [9.17, 15) is 0 Å². The fourth-order valence-corrected chi connectivity index (χ4v) is 7.44. The van der Waals surface area contributed by atoms with E-state index in [2.05, 4.69) is 160 Å². The third kappa shape index (κ3) is 5.04. The van der Waals surface area contributed by atoms with Crippen molar-refractivity contribution < 1.29 is 0 Å². The molecule has 0 bridgehead atoms.